The zero-order chi connectivity index (χ0) is 13.6. The zero-order valence-electron chi connectivity index (χ0n) is 11.6. The summed E-state index contributed by atoms with van der Waals surface area (Å²) in [5.41, 5.74) is 3.84. The van der Waals surface area contributed by atoms with Crippen LogP contribution in [0.25, 0.3) is 11.4 Å². The molecule has 2 aromatic heterocycles. The number of H-pyrrole nitrogens is 2. The minimum Gasteiger partial charge on any atom is -0.364 e. The van der Waals surface area contributed by atoms with Gasteiger partial charge in [-0.15, -0.1) is 0 Å². The molecule has 3 rings (SSSR count). The average molecular weight is 257 g/mol. The van der Waals surface area contributed by atoms with Crippen molar-refractivity contribution in [2.75, 3.05) is 0 Å². The summed E-state index contributed by atoms with van der Waals surface area (Å²) >= 11 is 0. The molecular weight excluding hydrogens is 238 g/mol. The van der Waals surface area contributed by atoms with Crippen LogP contribution in [0.5, 0.6) is 0 Å². The van der Waals surface area contributed by atoms with Crippen molar-refractivity contribution in [1.82, 2.24) is 15.0 Å². The predicted octanol–water partition coefficient (Wildman–Crippen LogP) is 2.76. The summed E-state index contributed by atoms with van der Waals surface area (Å²) < 4.78 is 0. The molecule has 0 bridgehead atoms. The molecule has 1 aliphatic rings. The van der Waals surface area contributed by atoms with Gasteiger partial charge in [-0.3, -0.25) is 4.79 Å². The fourth-order valence-corrected chi connectivity index (χ4v) is 3.02. The maximum absolute atomic E-state index is 12.0. The number of pyridine rings is 1. The number of fused-ring (bicyclic) bond motifs is 1. The highest BCUT2D eigenvalue weighted by molar-refractivity contribution is 5.55. The van der Waals surface area contributed by atoms with E-state index in [2.05, 4.69) is 28.8 Å². The number of hydrogen-bond acceptors (Lipinski definition) is 2. The summed E-state index contributed by atoms with van der Waals surface area (Å²) in [6.07, 6.45) is 3.94. The van der Waals surface area contributed by atoms with Crippen molar-refractivity contribution in [3.8, 4) is 11.4 Å². The summed E-state index contributed by atoms with van der Waals surface area (Å²) in [4.78, 5) is 23.1. The quantitative estimate of drug-likeness (QED) is 0.825. The van der Waals surface area contributed by atoms with Crippen LogP contribution in [0.4, 0.5) is 0 Å². The molecule has 2 atom stereocenters. The third kappa shape index (κ3) is 2.11. The summed E-state index contributed by atoms with van der Waals surface area (Å²) in [5.74, 6) is 1.84. The monoisotopic (exact) mass is 257 g/mol. The molecule has 2 N–H and O–H groups in total. The van der Waals surface area contributed by atoms with Gasteiger partial charge in [-0.05, 0) is 25.7 Å². The molecule has 0 fully saturated rings. The van der Waals surface area contributed by atoms with Crippen molar-refractivity contribution in [2.45, 2.75) is 39.5 Å². The van der Waals surface area contributed by atoms with Gasteiger partial charge in [0.15, 0.2) is 5.43 Å². The molecule has 2 unspecified atom stereocenters. The molecule has 0 spiro atoms. The fraction of sp³-hybridized carbons (Fsp3) is 0.467. The minimum absolute atomic E-state index is 0.0167. The van der Waals surface area contributed by atoms with E-state index in [1.165, 1.54) is 12.1 Å². The van der Waals surface area contributed by atoms with Crippen molar-refractivity contribution < 1.29 is 0 Å². The van der Waals surface area contributed by atoms with Gasteiger partial charge < -0.3 is 9.97 Å². The molecule has 2 heterocycles. The van der Waals surface area contributed by atoms with Gasteiger partial charge in [-0.1, -0.05) is 13.8 Å². The maximum atomic E-state index is 12.0. The smallest absolute Gasteiger partial charge is 0.192 e. The highest BCUT2D eigenvalue weighted by Gasteiger charge is 2.25. The Hall–Kier alpha value is -1.84. The first-order chi connectivity index (χ1) is 9.04. The van der Waals surface area contributed by atoms with Crippen LogP contribution in [0.2, 0.25) is 0 Å². The lowest BCUT2D eigenvalue weighted by Crippen LogP contribution is -2.14. The molecule has 0 saturated carbocycles. The average Bonchev–Trinajstić information content (AvgIpc) is 2.72. The van der Waals surface area contributed by atoms with Gasteiger partial charge in [-0.2, -0.15) is 0 Å². The molecule has 4 heteroatoms. The second-order valence-corrected chi connectivity index (χ2v) is 5.79. The standard InChI is InChI=1S/C15H19N3O/c1-8-4-9(2)14-12(5-8)17-15(18-14)11-7-16-10(3)6-13(11)19/h6-9H,4-5H2,1-3H3,(H,16,19)(H,17,18). The third-order valence-electron chi connectivity index (χ3n) is 3.90. The van der Waals surface area contributed by atoms with Crippen LogP contribution in [0.15, 0.2) is 17.1 Å². The van der Waals surface area contributed by atoms with E-state index in [0.717, 1.165) is 17.8 Å². The number of nitrogens with one attached hydrogen (secondary N) is 2. The second-order valence-electron chi connectivity index (χ2n) is 5.79. The lowest BCUT2D eigenvalue weighted by Gasteiger charge is -2.22. The minimum atomic E-state index is 0.0167. The number of aromatic amines is 2. The lowest BCUT2D eigenvalue weighted by atomic mass is 9.84. The van der Waals surface area contributed by atoms with Gasteiger partial charge in [0, 0.05) is 29.6 Å². The van der Waals surface area contributed by atoms with E-state index in [-0.39, 0.29) is 5.43 Å². The summed E-state index contributed by atoms with van der Waals surface area (Å²) in [6, 6.07) is 1.61. The molecule has 0 radical (unpaired) electrons. The Bertz CT molecular complexity index is 668. The van der Waals surface area contributed by atoms with Crippen LogP contribution in [-0.4, -0.2) is 15.0 Å². The number of nitrogens with zero attached hydrogens (tertiary/aromatic N) is 1. The SMILES string of the molecule is Cc1cc(=O)c(-c2nc3c([nH]2)CC(C)CC3C)c[nH]1. The highest BCUT2D eigenvalue weighted by Crippen LogP contribution is 2.34. The van der Waals surface area contributed by atoms with Crippen LogP contribution >= 0.6 is 0 Å². The molecule has 4 nitrogen and oxygen atoms in total. The molecule has 1 aliphatic carbocycles. The summed E-state index contributed by atoms with van der Waals surface area (Å²) in [7, 11) is 0. The maximum Gasteiger partial charge on any atom is 0.192 e. The molecule has 0 aromatic carbocycles. The van der Waals surface area contributed by atoms with Crippen molar-refractivity contribution in [2.24, 2.45) is 5.92 Å². The number of hydrogen-bond donors (Lipinski definition) is 2. The van der Waals surface area contributed by atoms with Crippen LogP contribution in [0.1, 0.15) is 43.3 Å². The first-order valence-electron chi connectivity index (χ1n) is 6.83. The number of aryl methyl sites for hydroxylation is 1. The van der Waals surface area contributed by atoms with Crippen LogP contribution < -0.4 is 5.43 Å². The Morgan fingerprint density at radius 2 is 2.16 bits per heavy atom. The molecule has 19 heavy (non-hydrogen) atoms. The topological polar surface area (TPSA) is 61.5 Å². The molecule has 2 aromatic rings. The fourth-order valence-electron chi connectivity index (χ4n) is 3.02. The van der Waals surface area contributed by atoms with Gasteiger partial charge in [0.1, 0.15) is 5.82 Å². The summed E-state index contributed by atoms with van der Waals surface area (Å²) in [6.45, 7) is 6.35. The molecular formula is C15H19N3O. The highest BCUT2D eigenvalue weighted by atomic mass is 16.1. The first-order valence-corrected chi connectivity index (χ1v) is 6.83. The molecule has 0 aliphatic heterocycles. The molecule has 0 amide bonds. The normalized spacial score (nSPS) is 22.3. The van der Waals surface area contributed by atoms with Gasteiger partial charge in [0.2, 0.25) is 0 Å². The van der Waals surface area contributed by atoms with E-state index in [1.807, 2.05) is 6.92 Å². The molecule has 0 saturated heterocycles. The Balaban J connectivity index is 2.08. The van der Waals surface area contributed by atoms with Crippen LogP contribution in [-0.2, 0) is 6.42 Å². The second kappa shape index (κ2) is 4.37. The van der Waals surface area contributed by atoms with Crippen molar-refractivity contribution in [3.63, 3.8) is 0 Å². The predicted molar refractivity (Wildman–Crippen MR) is 75.3 cm³/mol. The Morgan fingerprint density at radius 3 is 2.89 bits per heavy atom. The van der Waals surface area contributed by atoms with Gasteiger partial charge in [-0.25, -0.2) is 4.98 Å². The van der Waals surface area contributed by atoms with Gasteiger partial charge in [0.05, 0.1) is 11.3 Å². The summed E-state index contributed by atoms with van der Waals surface area (Å²) in [5, 5.41) is 0. The number of imidazole rings is 1. The number of rotatable bonds is 1. The van der Waals surface area contributed by atoms with E-state index in [1.54, 1.807) is 12.3 Å². The lowest BCUT2D eigenvalue weighted by molar-refractivity contribution is 0.440. The van der Waals surface area contributed by atoms with Crippen LogP contribution in [0.3, 0.4) is 0 Å². The van der Waals surface area contributed by atoms with Crippen LogP contribution in [0, 0.1) is 12.8 Å². The van der Waals surface area contributed by atoms with E-state index in [9.17, 15) is 4.79 Å². The van der Waals surface area contributed by atoms with E-state index in [0.29, 0.717) is 23.2 Å². The van der Waals surface area contributed by atoms with Gasteiger partial charge in [0.25, 0.3) is 0 Å². The number of aromatic nitrogens is 3. The third-order valence-corrected chi connectivity index (χ3v) is 3.90. The first kappa shape index (κ1) is 12.2. The Labute approximate surface area is 112 Å². The van der Waals surface area contributed by atoms with E-state index < -0.39 is 0 Å². The van der Waals surface area contributed by atoms with E-state index >= 15 is 0 Å². The van der Waals surface area contributed by atoms with Gasteiger partial charge >= 0.3 is 0 Å². The Kier molecular flexibility index (Phi) is 2.81. The Morgan fingerprint density at radius 1 is 1.37 bits per heavy atom. The largest absolute Gasteiger partial charge is 0.364 e. The zero-order valence-corrected chi connectivity index (χ0v) is 11.6. The van der Waals surface area contributed by atoms with E-state index in [4.69, 9.17) is 0 Å². The van der Waals surface area contributed by atoms with Crippen molar-refractivity contribution >= 4 is 0 Å². The van der Waals surface area contributed by atoms with Crippen molar-refractivity contribution in [3.05, 3.63) is 39.6 Å². The molecule has 100 valence electrons. The van der Waals surface area contributed by atoms with Crippen molar-refractivity contribution in [1.29, 1.82) is 0 Å².